The van der Waals surface area contributed by atoms with Crippen molar-refractivity contribution in [3.63, 3.8) is 0 Å². The van der Waals surface area contributed by atoms with Gasteiger partial charge in [0, 0.05) is 54.4 Å². The first-order valence-corrected chi connectivity index (χ1v) is 11.5. The van der Waals surface area contributed by atoms with Gasteiger partial charge in [-0.15, -0.1) is 0 Å². The number of para-hydroxylation sites is 2. The quantitative estimate of drug-likeness (QED) is 0.253. The standard InChI is InChI=1S/C30H26N2/c1-29(2)21-13-19-17-9-5-7-11-25(17)32-28(19)16-24(21)30(3,4)22-14-20-18-10-6-8-12-26(18)31-27(20)15-23(22)29/h5-16,31-32H,1-4H3. The van der Waals surface area contributed by atoms with Gasteiger partial charge >= 0.3 is 0 Å². The molecule has 0 radical (unpaired) electrons. The fraction of sp³-hybridized carbons (Fsp3) is 0.200. The van der Waals surface area contributed by atoms with Gasteiger partial charge < -0.3 is 9.97 Å². The van der Waals surface area contributed by atoms with Crippen LogP contribution in [-0.2, 0) is 10.8 Å². The lowest BCUT2D eigenvalue weighted by molar-refractivity contribution is 0.523. The Morgan fingerprint density at radius 1 is 0.438 bits per heavy atom. The summed E-state index contributed by atoms with van der Waals surface area (Å²) in [6, 6.07) is 27.0. The van der Waals surface area contributed by atoms with E-state index in [2.05, 4.69) is 110 Å². The van der Waals surface area contributed by atoms with Crippen LogP contribution in [0.15, 0.2) is 72.8 Å². The van der Waals surface area contributed by atoms with Crippen molar-refractivity contribution in [3.8, 4) is 0 Å². The van der Waals surface area contributed by atoms with Gasteiger partial charge in [-0.1, -0.05) is 64.1 Å². The molecule has 2 heterocycles. The normalized spacial score (nSPS) is 16.6. The summed E-state index contributed by atoms with van der Waals surface area (Å²) < 4.78 is 0. The van der Waals surface area contributed by atoms with Crippen LogP contribution >= 0.6 is 0 Å². The average molecular weight is 415 g/mol. The van der Waals surface area contributed by atoms with Crippen LogP contribution in [0.1, 0.15) is 49.9 Å². The Bertz CT molecular complexity index is 1590. The average Bonchev–Trinajstić information content (AvgIpc) is 3.34. The van der Waals surface area contributed by atoms with Crippen LogP contribution in [0.5, 0.6) is 0 Å². The van der Waals surface area contributed by atoms with Crippen LogP contribution < -0.4 is 0 Å². The maximum Gasteiger partial charge on any atom is 0.0468 e. The molecule has 32 heavy (non-hydrogen) atoms. The molecular weight excluding hydrogens is 388 g/mol. The first-order chi connectivity index (χ1) is 15.4. The van der Waals surface area contributed by atoms with Crippen molar-refractivity contribution >= 4 is 43.6 Å². The Morgan fingerprint density at radius 2 is 0.812 bits per heavy atom. The molecule has 0 saturated heterocycles. The minimum Gasteiger partial charge on any atom is -0.355 e. The first kappa shape index (κ1) is 18.1. The first-order valence-electron chi connectivity index (χ1n) is 11.5. The van der Waals surface area contributed by atoms with Gasteiger partial charge in [-0.05, 0) is 58.7 Å². The van der Waals surface area contributed by atoms with Gasteiger partial charge in [-0.3, -0.25) is 0 Å². The molecule has 0 saturated carbocycles. The molecule has 6 aromatic rings. The minimum atomic E-state index is -0.0851. The second kappa shape index (κ2) is 5.63. The monoisotopic (exact) mass is 414 g/mol. The molecule has 4 aromatic carbocycles. The zero-order valence-corrected chi connectivity index (χ0v) is 18.9. The Morgan fingerprint density at radius 3 is 1.25 bits per heavy atom. The van der Waals surface area contributed by atoms with E-state index in [1.54, 1.807) is 0 Å². The number of nitrogens with one attached hydrogen (secondary N) is 2. The van der Waals surface area contributed by atoms with E-state index in [9.17, 15) is 0 Å². The third kappa shape index (κ3) is 2.10. The van der Waals surface area contributed by atoms with Gasteiger partial charge in [0.15, 0.2) is 0 Å². The Hall–Kier alpha value is -3.52. The highest BCUT2D eigenvalue weighted by atomic mass is 14.7. The van der Waals surface area contributed by atoms with Gasteiger partial charge in [0.1, 0.15) is 0 Å². The fourth-order valence-electron chi connectivity index (χ4n) is 6.15. The van der Waals surface area contributed by atoms with E-state index in [1.165, 1.54) is 65.9 Å². The lowest BCUT2D eigenvalue weighted by Gasteiger charge is -2.44. The molecule has 0 aliphatic heterocycles. The largest absolute Gasteiger partial charge is 0.355 e. The predicted octanol–water partition coefficient (Wildman–Crippen LogP) is 7.92. The van der Waals surface area contributed by atoms with E-state index in [4.69, 9.17) is 0 Å². The number of fused-ring (bicyclic) bond motifs is 8. The Labute approximate surface area is 187 Å². The molecule has 0 fully saturated rings. The summed E-state index contributed by atoms with van der Waals surface area (Å²) in [6.07, 6.45) is 0. The van der Waals surface area contributed by atoms with Crippen molar-refractivity contribution in [1.82, 2.24) is 9.97 Å². The van der Waals surface area contributed by atoms with Crippen molar-refractivity contribution in [3.05, 3.63) is 95.1 Å². The van der Waals surface area contributed by atoms with Gasteiger partial charge in [0.25, 0.3) is 0 Å². The molecule has 1 aliphatic carbocycles. The number of aromatic nitrogens is 2. The highest BCUT2D eigenvalue weighted by Gasteiger charge is 2.42. The molecule has 0 atom stereocenters. The number of hydrogen-bond acceptors (Lipinski definition) is 0. The highest BCUT2D eigenvalue weighted by molar-refractivity contribution is 6.09. The van der Waals surface area contributed by atoms with Crippen molar-refractivity contribution in [2.24, 2.45) is 0 Å². The third-order valence-corrected chi connectivity index (χ3v) is 7.98. The molecule has 0 unspecified atom stereocenters. The molecule has 7 rings (SSSR count). The van der Waals surface area contributed by atoms with Crippen molar-refractivity contribution in [1.29, 1.82) is 0 Å². The zero-order valence-electron chi connectivity index (χ0n) is 18.9. The molecule has 2 aromatic heterocycles. The lowest BCUT2D eigenvalue weighted by Crippen LogP contribution is -2.36. The van der Waals surface area contributed by atoms with E-state index in [1.807, 2.05) is 0 Å². The molecular formula is C30H26N2. The van der Waals surface area contributed by atoms with Gasteiger partial charge in [0.2, 0.25) is 0 Å². The van der Waals surface area contributed by atoms with Gasteiger partial charge in [-0.2, -0.15) is 0 Å². The maximum atomic E-state index is 3.66. The summed E-state index contributed by atoms with van der Waals surface area (Å²) in [7, 11) is 0. The fourth-order valence-corrected chi connectivity index (χ4v) is 6.15. The van der Waals surface area contributed by atoms with Crippen LogP contribution in [0, 0.1) is 0 Å². The second-order valence-corrected chi connectivity index (χ2v) is 10.5. The number of benzene rings is 4. The van der Waals surface area contributed by atoms with Crippen LogP contribution in [0.2, 0.25) is 0 Å². The number of H-pyrrole nitrogens is 2. The molecule has 156 valence electrons. The van der Waals surface area contributed by atoms with Crippen LogP contribution in [0.4, 0.5) is 0 Å². The Kier molecular flexibility index (Phi) is 3.19. The van der Waals surface area contributed by atoms with Crippen molar-refractivity contribution in [2.75, 3.05) is 0 Å². The number of hydrogen-bond donors (Lipinski definition) is 2. The SMILES string of the molecule is CC1(C)c2cc3[nH]c4ccccc4c3cc2C(C)(C)c2cc3[nH]c4ccccc4c3cc21. The van der Waals surface area contributed by atoms with E-state index >= 15 is 0 Å². The van der Waals surface area contributed by atoms with E-state index in [0.717, 1.165) is 0 Å². The molecule has 2 N–H and O–H groups in total. The molecule has 1 aliphatic rings. The van der Waals surface area contributed by atoms with E-state index in [0.29, 0.717) is 0 Å². The lowest BCUT2D eigenvalue weighted by atomic mass is 9.59. The summed E-state index contributed by atoms with van der Waals surface area (Å²) in [5, 5.41) is 5.24. The number of aromatic amines is 2. The van der Waals surface area contributed by atoms with Crippen LogP contribution in [0.3, 0.4) is 0 Å². The molecule has 0 spiro atoms. The summed E-state index contributed by atoms with van der Waals surface area (Å²) in [6.45, 7) is 9.54. The topological polar surface area (TPSA) is 31.6 Å². The minimum absolute atomic E-state index is 0.0851. The Balaban J connectivity index is 1.60. The summed E-state index contributed by atoms with van der Waals surface area (Å²) in [5.41, 5.74) is 10.4. The summed E-state index contributed by atoms with van der Waals surface area (Å²) in [4.78, 5) is 7.32. The summed E-state index contributed by atoms with van der Waals surface area (Å²) in [5.74, 6) is 0. The summed E-state index contributed by atoms with van der Waals surface area (Å²) >= 11 is 0. The maximum absolute atomic E-state index is 3.66. The van der Waals surface area contributed by atoms with Crippen LogP contribution in [0.25, 0.3) is 43.6 Å². The van der Waals surface area contributed by atoms with Gasteiger partial charge in [-0.25, -0.2) is 0 Å². The molecule has 0 bridgehead atoms. The predicted molar refractivity (Wildman–Crippen MR) is 136 cm³/mol. The number of rotatable bonds is 0. The van der Waals surface area contributed by atoms with Gasteiger partial charge in [0.05, 0.1) is 0 Å². The van der Waals surface area contributed by atoms with Crippen LogP contribution in [-0.4, -0.2) is 9.97 Å². The van der Waals surface area contributed by atoms with Crippen molar-refractivity contribution < 1.29 is 0 Å². The smallest absolute Gasteiger partial charge is 0.0468 e. The van der Waals surface area contributed by atoms with E-state index < -0.39 is 0 Å². The molecule has 0 amide bonds. The van der Waals surface area contributed by atoms with Crippen molar-refractivity contribution in [2.45, 2.75) is 38.5 Å². The molecule has 2 nitrogen and oxygen atoms in total. The highest BCUT2D eigenvalue weighted by Crippen LogP contribution is 2.52. The second-order valence-electron chi connectivity index (χ2n) is 10.5. The third-order valence-electron chi connectivity index (χ3n) is 7.98. The van der Waals surface area contributed by atoms with E-state index in [-0.39, 0.29) is 10.8 Å². The zero-order chi connectivity index (χ0) is 21.8. The molecule has 2 heteroatoms.